The smallest absolute Gasteiger partial charge is 0.338 e. The summed E-state index contributed by atoms with van der Waals surface area (Å²) in [5.74, 6) is -1.64. The number of fused-ring (bicyclic) bond motifs is 1. The van der Waals surface area contributed by atoms with Crippen LogP contribution in [0.15, 0.2) is 78.9 Å². The van der Waals surface area contributed by atoms with E-state index >= 15 is 0 Å². The van der Waals surface area contributed by atoms with Crippen LogP contribution in [-0.2, 0) is 11.3 Å². The summed E-state index contributed by atoms with van der Waals surface area (Å²) in [6.07, 6.45) is -1.17. The minimum atomic E-state index is -1.17. The minimum absolute atomic E-state index is 0.0995. The van der Waals surface area contributed by atoms with Gasteiger partial charge in [-0.15, -0.1) is 0 Å². The number of carbonyl (C=O) groups excluding carboxylic acids is 1. The van der Waals surface area contributed by atoms with Gasteiger partial charge in [-0.3, -0.25) is 0 Å². The van der Waals surface area contributed by atoms with Crippen molar-refractivity contribution in [3.63, 3.8) is 0 Å². The lowest BCUT2D eigenvalue weighted by Crippen LogP contribution is -2.05. The van der Waals surface area contributed by atoms with Gasteiger partial charge in [-0.05, 0) is 65.2 Å². The molecule has 0 aliphatic carbocycles. The lowest BCUT2D eigenvalue weighted by molar-refractivity contribution is 0.0472. The van der Waals surface area contributed by atoms with Crippen molar-refractivity contribution >= 4 is 22.7 Å². The largest absolute Gasteiger partial charge is 0.508 e. The van der Waals surface area contributed by atoms with Crippen molar-refractivity contribution in [3.05, 3.63) is 112 Å². The topological polar surface area (TPSA) is 104 Å². The number of aromatic hydroxyl groups is 1. The molecule has 0 bridgehead atoms. The molecule has 4 aromatic rings. The third-order valence-electron chi connectivity index (χ3n) is 5.48. The molecule has 6 nitrogen and oxygen atoms in total. The van der Waals surface area contributed by atoms with Crippen LogP contribution in [0.25, 0.3) is 10.8 Å². The molecule has 0 spiro atoms. The van der Waals surface area contributed by atoms with E-state index in [0.29, 0.717) is 21.9 Å². The standard InChI is InChI=1S/C27H22O6/c1-16-2-4-17(5-3-16)15-33-27(32)21-11-10-20-14-24(28)23(13-22(20)12-21)25(29)18-6-8-19(9-7-18)26(30)31/h2-14,25,28-29H,15H2,1H3,(H,30,31). The Morgan fingerprint density at radius 3 is 2.18 bits per heavy atom. The average molecular weight is 442 g/mol. The molecule has 0 fully saturated rings. The van der Waals surface area contributed by atoms with Gasteiger partial charge in [0, 0.05) is 5.56 Å². The summed E-state index contributed by atoms with van der Waals surface area (Å²) in [6, 6.07) is 21.6. The molecule has 0 saturated heterocycles. The number of benzene rings is 4. The lowest BCUT2D eigenvalue weighted by Gasteiger charge is -2.15. The van der Waals surface area contributed by atoms with Crippen molar-refractivity contribution in [2.24, 2.45) is 0 Å². The normalized spacial score (nSPS) is 11.8. The van der Waals surface area contributed by atoms with Crippen molar-refractivity contribution < 1.29 is 29.6 Å². The second-order valence-corrected chi connectivity index (χ2v) is 7.86. The van der Waals surface area contributed by atoms with Crippen LogP contribution in [0, 0.1) is 6.92 Å². The van der Waals surface area contributed by atoms with E-state index in [0.717, 1.165) is 11.1 Å². The zero-order chi connectivity index (χ0) is 23.5. The molecule has 0 aromatic heterocycles. The third-order valence-corrected chi connectivity index (χ3v) is 5.48. The number of carboxylic acids is 1. The fraction of sp³-hybridized carbons (Fsp3) is 0.111. The van der Waals surface area contributed by atoms with Crippen LogP contribution in [0.4, 0.5) is 0 Å². The SMILES string of the molecule is Cc1ccc(COC(=O)c2ccc3cc(O)c(C(O)c4ccc(C(=O)O)cc4)cc3c2)cc1. The second kappa shape index (κ2) is 9.14. The quantitative estimate of drug-likeness (QED) is 0.364. The van der Waals surface area contributed by atoms with Gasteiger partial charge in [-0.2, -0.15) is 0 Å². The first-order valence-electron chi connectivity index (χ1n) is 10.3. The predicted molar refractivity (Wildman–Crippen MR) is 123 cm³/mol. The number of hydrogen-bond acceptors (Lipinski definition) is 5. The molecule has 0 radical (unpaired) electrons. The van der Waals surface area contributed by atoms with Gasteiger partial charge in [0.1, 0.15) is 18.5 Å². The van der Waals surface area contributed by atoms with Crippen LogP contribution in [0.3, 0.4) is 0 Å². The first-order chi connectivity index (χ1) is 15.8. The molecule has 0 heterocycles. The van der Waals surface area contributed by atoms with Crippen molar-refractivity contribution in [2.75, 3.05) is 0 Å². The minimum Gasteiger partial charge on any atom is -0.508 e. The number of esters is 1. The van der Waals surface area contributed by atoms with Gasteiger partial charge in [0.15, 0.2) is 0 Å². The van der Waals surface area contributed by atoms with E-state index in [1.54, 1.807) is 24.3 Å². The summed E-state index contributed by atoms with van der Waals surface area (Å²) in [5, 5.41) is 31.6. The summed E-state index contributed by atoms with van der Waals surface area (Å²) in [6.45, 7) is 2.14. The summed E-state index contributed by atoms with van der Waals surface area (Å²) >= 11 is 0. The van der Waals surface area contributed by atoms with Crippen LogP contribution >= 0.6 is 0 Å². The Balaban J connectivity index is 1.58. The maximum absolute atomic E-state index is 12.6. The van der Waals surface area contributed by atoms with Crippen molar-refractivity contribution in [2.45, 2.75) is 19.6 Å². The highest BCUT2D eigenvalue weighted by Crippen LogP contribution is 2.33. The maximum atomic E-state index is 12.6. The van der Waals surface area contributed by atoms with Crippen molar-refractivity contribution in [3.8, 4) is 5.75 Å². The van der Waals surface area contributed by atoms with Gasteiger partial charge in [0.05, 0.1) is 11.1 Å². The molecule has 1 atom stereocenters. The van der Waals surface area contributed by atoms with Crippen molar-refractivity contribution in [1.82, 2.24) is 0 Å². The molecule has 3 N–H and O–H groups in total. The first-order valence-corrected chi connectivity index (χ1v) is 10.3. The van der Waals surface area contributed by atoms with Gasteiger partial charge in [0.25, 0.3) is 0 Å². The van der Waals surface area contributed by atoms with E-state index in [1.807, 2.05) is 31.2 Å². The Hall–Kier alpha value is -4.16. The lowest BCUT2D eigenvalue weighted by atomic mass is 9.96. The van der Waals surface area contributed by atoms with Crippen LogP contribution in [0.1, 0.15) is 49.1 Å². The van der Waals surface area contributed by atoms with Crippen molar-refractivity contribution in [1.29, 1.82) is 0 Å². The highest BCUT2D eigenvalue weighted by atomic mass is 16.5. The highest BCUT2D eigenvalue weighted by Gasteiger charge is 2.17. The number of ether oxygens (including phenoxy) is 1. The molecular weight excluding hydrogens is 420 g/mol. The number of phenols is 1. The van der Waals surface area contributed by atoms with Gasteiger partial charge < -0.3 is 20.1 Å². The molecule has 33 heavy (non-hydrogen) atoms. The second-order valence-electron chi connectivity index (χ2n) is 7.86. The van der Waals surface area contributed by atoms with E-state index in [1.165, 1.54) is 30.3 Å². The molecule has 0 saturated carbocycles. The summed E-state index contributed by atoms with van der Waals surface area (Å²) in [4.78, 5) is 23.6. The Labute approximate surface area is 190 Å². The van der Waals surface area contributed by atoms with Gasteiger partial charge in [-0.1, -0.05) is 48.0 Å². The summed E-state index contributed by atoms with van der Waals surface area (Å²) in [5.41, 5.74) is 3.14. The van der Waals surface area contributed by atoms with Gasteiger partial charge in [0.2, 0.25) is 0 Å². The Bertz CT molecular complexity index is 1320. The number of carbonyl (C=O) groups is 2. The monoisotopic (exact) mass is 442 g/mol. The fourth-order valence-corrected chi connectivity index (χ4v) is 3.55. The third kappa shape index (κ3) is 4.86. The molecule has 0 amide bonds. The molecule has 4 aromatic carbocycles. The van der Waals surface area contributed by atoms with E-state index in [-0.39, 0.29) is 23.5 Å². The number of hydrogen-bond donors (Lipinski definition) is 3. The van der Waals surface area contributed by atoms with Crippen LogP contribution in [0.2, 0.25) is 0 Å². The first kappa shape index (κ1) is 22.0. The van der Waals surface area contributed by atoms with E-state index < -0.39 is 18.0 Å². The summed E-state index contributed by atoms with van der Waals surface area (Å²) < 4.78 is 5.42. The van der Waals surface area contributed by atoms with E-state index in [2.05, 4.69) is 0 Å². The Morgan fingerprint density at radius 2 is 1.52 bits per heavy atom. The zero-order valence-corrected chi connectivity index (χ0v) is 17.9. The Kier molecular flexibility index (Phi) is 6.11. The number of aryl methyl sites for hydroxylation is 1. The molecular formula is C27H22O6. The van der Waals surface area contributed by atoms with Gasteiger partial charge in [-0.25, -0.2) is 9.59 Å². The number of carboxylic acid groups (broad SMARTS) is 1. The molecule has 0 aliphatic heterocycles. The van der Waals surface area contributed by atoms with E-state index in [4.69, 9.17) is 9.84 Å². The zero-order valence-electron chi connectivity index (χ0n) is 17.9. The number of phenolic OH excluding ortho intramolecular Hbond substituents is 1. The predicted octanol–water partition coefficient (Wildman–Crippen LogP) is 4.99. The fourth-order valence-electron chi connectivity index (χ4n) is 3.55. The van der Waals surface area contributed by atoms with Crippen LogP contribution in [0.5, 0.6) is 5.75 Å². The van der Waals surface area contributed by atoms with Gasteiger partial charge >= 0.3 is 11.9 Å². The molecule has 4 rings (SSSR count). The number of rotatable bonds is 6. The van der Waals surface area contributed by atoms with Crippen LogP contribution < -0.4 is 0 Å². The molecule has 1 unspecified atom stereocenters. The maximum Gasteiger partial charge on any atom is 0.338 e. The molecule has 6 heteroatoms. The molecule has 166 valence electrons. The number of aliphatic hydroxyl groups excluding tert-OH is 1. The van der Waals surface area contributed by atoms with E-state index in [9.17, 15) is 19.8 Å². The number of aliphatic hydroxyl groups is 1. The molecule has 0 aliphatic rings. The Morgan fingerprint density at radius 1 is 0.848 bits per heavy atom. The van der Waals surface area contributed by atoms with Crippen LogP contribution in [-0.4, -0.2) is 27.3 Å². The highest BCUT2D eigenvalue weighted by molar-refractivity contribution is 5.96. The number of aromatic carboxylic acids is 1. The average Bonchev–Trinajstić information content (AvgIpc) is 2.82. The summed E-state index contributed by atoms with van der Waals surface area (Å²) in [7, 11) is 0.